The molecule has 0 bridgehead atoms. The molecule has 1 aromatic rings. The highest BCUT2D eigenvalue weighted by molar-refractivity contribution is 5.15. The minimum atomic E-state index is 0.262. The van der Waals surface area contributed by atoms with Gasteiger partial charge in [0.05, 0.1) is 17.4 Å². The summed E-state index contributed by atoms with van der Waals surface area (Å²) in [6, 6.07) is 2.49. The van der Waals surface area contributed by atoms with Crippen LogP contribution in [0.5, 0.6) is 0 Å². The summed E-state index contributed by atoms with van der Waals surface area (Å²) in [6.07, 6.45) is 7.60. The first-order valence-corrected chi connectivity index (χ1v) is 7.32. The molecule has 4 nitrogen and oxygen atoms in total. The van der Waals surface area contributed by atoms with Crippen LogP contribution in [0.25, 0.3) is 0 Å². The molecule has 3 N–H and O–H groups in total. The summed E-state index contributed by atoms with van der Waals surface area (Å²) in [5.74, 6) is 6.48. The minimum absolute atomic E-state index is 0.262. The Balaban J connectivity index is 2.22. The normalized spacial score (nSPS) is 19.1. The van der Waals surface area contributed by atoms with Crippen LogP contribution in [0.3, 0.4) is 0 Å². The molecule has 2 rings (SSSR count). The fourth-order valence-corrected chi connectivity index (χ4v) is 3.09. The van der Waals surface area contributed by atoms with Crippen LogP contribution in [0.15, 0.2) is 6.07 Å². The summed E-state index contributed by atoms with van der Waals surface area (Å²) >= 11 is 0. The second kappa shape index (κ2) is 6.34. The molecule has 1 aliphatic rings. The van der Waals surface area contributed by atoms with Crippen LogP contribution in [0.1, 0.15) is 63.4 Å². The summed E-state index contributed by atoms with van der Waals surface area (Å²) in [7, 11) is 0. The monoisotopic (exact) mass is 250 g/mol. The topological polar surface area (TPSA) is 55.9 Å². The Hall–Kier alpha value is -0.870. The molecule has 0 radical (unpaired) electrons. The minimum Gasteiger partial charge on any atom is -0.271 e. The number of nitrogens with two attached hydrogens (primary N) is 1. The predicted molar refractivity (Wildman–Crippen MR) is 73.9 cm³/mol. The molecule has 1 saturated carbocycles. The molecule has 0 aliphatic heterocycles. The van der Waals surface area contributed by atoms with Gasteiger partial charge < -0.3 is 0 Å². The zero-order valence-electron chi connectivity index (χ0n) is 11.7. The summed E-state index contributed by atoms with van der Waals surface area (Å²) in [6.45, 7) is 5.21. The maximum absolute atomic E-state index is 5.82. The summed E-state index contributed by atoms with van der Waals surface area (Å²) in [5, 5.41) is 4.63. The molecular formula is C14H26N4. The van der Waals surface area contributed by atoms with Crippen LogP contribution in [0, 0.1) is 5.92 Å². The Kier molecular flexibility index (Phi) is 4.78. The van der Waals surface area contributed by atoms with Gasteiger partial charge >= 0.3 is 0 Å². The number of aromatic nitrogens is 2. The third-order valence-corrected chi connectivity index (χ3v) is 4.14. The molecule has 4 heteroatoms. The molecule has 1 fully saturated rings. The van der Waals surface area contributed by atoms with Gasteiger partial charge in [0.15, 0.2) is 0 Å². The molecule has 1 aromatic heterocycles. The number of aryl methyl sites for hydroxylation is 2. The average Bonchev–Trinajstić information content (AvgIpc) is 2.84. The van der Waals surface area contributed by atoms with Crippen molar-refractivity contribution in [3.05, 3.63) is 17.5 Å². The molecule has 1 atom stereocenters. The van der Waals surface area contributed by atoms with Crippen LogP contribution in [0.4, 0.5) is 0 Å². The van der Waals surface area contributed by atoms with Crippen LogP contribution in [-0.2, 0) is 13.0 Å². The number of nitrogens with one attached hydrogen (secondary N) is 1. The molecule has 1 aliphatic carbocycles. The molecule has 102 valence electrons. The van der Waals surface area contributed by atoms with Gasteiger partial charge in [0.25, 0.3) is 0 Å². The van der Waals surface area contributed by atoms with Crippen molar-refractivity contribution in [2.24, 2.45) is 11.8 Å². The lowest BCUT2D eigenvalue weighted by molar-refractivity contribution is 0.263. The Morgan fingerprint density at radius 2 is 2.11 bits per heavy atom. The van der Waals surface area contributed by atoms with Gasteiger partial charge in [0.2, 0.25) is 0 Å². The zero-order valence-corrected chi connectivity index (χ0v) is 11.7. The Morgan fingerprint density at radius 1 is 1.39 bits per heavy atom. The Morgan fingerprint density at radius 3 is 2.67 bits per heavy atom. The number of rotatable bonds is 5. The van der Waals surface area contributed by atoms with Gasteiger partial charge in [-0.3, -0.25) is 16.0 Å². The zero-order chi connectivity index (χ0) is 13.0. The van der Waals surface area contributed by atoms with E-state index in [0.29, 0.717) is 5.92 Å². The highest BCUT2D eigenvalue weighted by Gasteiger charge is 2.27. The SMILES string of the molecule is CCc1cc(C(NN)C2CCCCC2)n(CC)n1. The molecule has 0 aromatic carbocycles. The molecule has 0 spiro atoms. The van der Waals surface area contributed by atoms with Gasteiger partial charge in [0.1, 0.15) is 0 Å². The molecule has 0 amide bonds. The van der Waals surface area contributed by atoms with Crippen LogP contribution in [0.2, 0.25) is 0 Å². The third-order valence-electron chi connectivity index (χ3n) is 4.14. The highest BCUT2D eigenvalue weighted by Crippen LogP contribution is 2.34. The number of hydrazine groups is 1. The maximum atomic E-state index is 5.82. The van der Waals surface area contributed by atoms with Crippen molar-refractivity contribution in [2.45, 2.75) is 65.0 Å². The van der Waals surface area contributed by atoms with Gasteiger partial charge in [-0.2, -0.15) is 5.10 Å². The van der Waals surface area contributed by atoms with Gasteiger partial charge in [-0.1, -0.05) is 26.2 Å². The van der Waals surface area contributed by atoms with Crippen molar-refractivity contribution < 1.29 is 0 Å². The van der Waals surface area contributed by atoms with Crippen molar-refractivity contribution in [1.29, 1.82) is 0 Å². The third kappa shape index (κ3) is 2.75. The quantitative estimate of drug-likeness (QED) is 0.624. The van der Waals surface area contributed by atoms with Crippen molar-refractivity contribution in [1.82, 2.24) is 15.2 Å². The molecule has 1 heterocycles. The first kappa shape index (κ1) is 13.6. The largest absolute Gasteiger partial charge is 0.271 e. The van der Waals surface area contributed by atoms with E-state index in [1.54, 1.807) is 0 Å². The van der Waals surface area contributed by atoms with E-state index in [-0.39, 0.29) is 6.04 Å². The molecule has 1 unspecified atom stereocenters. The lowest BCUT2D eigenvalue weighted by atomic mass is 9.83. The highest BCUT2D eigenvalue weighted by atomic mass is 15.3. The first-order valence-electron chi connectivity index (χ1n) is 7.32. The van der Waals surface area contributed by atoms with Crippen molar-refractivity contribution in [3.63, 3.8) is 0 Å². The standard InChI is InChI=1S/C14H26N4/c1-3-12-10-13(18(4-2)17-12)14(16-15)11-8-6-5-7-9-11/h10-11,14,16H,3-9,15H2,1-2H3. The van der Waals surface area contributed by atoms with E-state index in [2.05, 4.69) is 35.1 Å². The number of hydrogen-bond acceptors (Lipinski definition) is 3. The second-order valence-electron chi connectivity index (χ2n) is 5.27. The van der Waals surface area contributed by atoms with Crippen LogP contribution in [-0.4, -0.2) is 9.78 Å². The van der Waals surface area contributed by atoms with E-state index in [4.69, 9.17) is 5.84 Å². The van der Waals surface area contributed by atoms with Crippen molar-refractivity contribution in [2.75, 3.05) is 0 Å². The molecule has 18 heavy (non-hydrogen) atoms. The van der Waals surface area contributed by atoms with Crippen LogP contribution >= 0.6 is 0 Å². The van der Waals surface area contributed by atoms with E-state index in [1.807, 2.05) is 0 Å². The van der Waals surface area contributed by atoms with Gasteiger partial charge in [0, 0.05) is 6.54 Å². The summed E-state index contributed by atoms with van der Waals surface area (Å²) in [4.78, 5) is 0. The Bertz CT molecular complexity index is 366. The van der Waals surface area contributed by atoms with E-state index in [0.717, 1.165) is 13.0 Å². The van der Waals surface area contributed by atoms with Crippen molar-refractivity contribution in [3.8, 4) is 0 Å². The van der Waals surface area contributed by atoms with Crippen LogP contribution < -0.4 is 11.3 Å². The van der Waals surface area contributed by atoms with E-state index in [9.17, 15) is 0 Å². The van der Waals surface area contributed by atoms with E-state index in [1.165, 1.54) is 43.5 Å². The smallest absolute Gasteiger partial charge is 0.0657 e. The molecular weight excluding hydrogens is 224 g/mol. The van der Waals surface area contributed by atoms with E-state index >= 15 is 0 Å². The first-order chi connectivity index (χ1) is 8.80. The summed E-state index contributed by atoms with van der Waals surface area (Å²) in [5.41, 5.74) is 5.48. The summed E-state index contributed by atoms with van der Waals surface area (Å²) < 4.78 is 2.11. The van der Waals surface area contributed by atoms with Gasteiger partial charge in [-0.25, -0.2) is 0 Å². The second-order valence-corrected chi connectivity index (χ2v) is 5.27. The lowest BCUT2D eigenvalue weighted by Gasteiger charge is -2.30. The van der Waals surface area contributed by atoms with E-state index < -0.39 is 0 Å². The fraction of sp³-hybridized carbons (Fsp3) is 0.786. The fourth-order valence-electron chi connectivity index (χ4n) is 3.09. The lowest BCUT2D eigenvalue weighted by Crippen LogP contribution is -2.36. The van der Waals surface area contributed by atoms with Gasteiger partial charge in [-0.15, -0.1) is 0 Å². The average molecular weight is 250 g/mol. The Labute approximate surface area is 110 Å². The van der Waals surface area contributed by atoms with Gasteiger partial charge in [-0.05, 0) is 38.2 Å². The predicted octanol–water partition coefficient (Wildman–Crippen LogP) is 2.55. The maximum Gasteiger partial charge on any atom is 0.0657 e. The number of nitrogens with zero attached hydrogens (tertiary/aromatic N) is 2. The van der Waals surface area contributed by atoms with Crippen molar-refractivity contribution >= 4 is 0 Å². The molecule has 0 saturated heterocycles. The number of hydrogen-bond donors (Lipinski definition) is 2.